The molecule has 0 atom stereocenters. The largest absolute Gasteiger partial charge is 0.344 e. The highest BCUT2D eigenvalue weighted by molar-refractivity contribution is 4.97. The van der Waals surface area contributed by atoms with E-state index in [1.165, 1.54) is 0 Å². The Kier molecular flexibility index (Phi) is 1.44. The number of H-pyrrole nitrogens is 1. The Balaban J connectivity index is 2.27. The molecule has 11 heavy (non-hydrogen) atoms. The molecule has 0 aliphatic carbocycles. The molecular formula is C7H10N2O2. The molecule has 0 unspecified atom stereocenters. The molecule has 2 rings (SSSR count). The van der Waals surface area contributed by atoms with Crippen LogP contribution in [0.2, 0.25) is 0 Å². The maximum absolute atomic E-state index is 5.37. The van der Waals surface area contributed by atoms with Crippen molar-refractivity contribution < 1.29 is 9.47 Å². The second-order valence-electron chi connectivity index (χ2n) is 2.58. The fourth-order valence-corrected chi connectivity index (χ4v) is 1.16. The second kappa shape index (κ2) is 2.32. The fraction of sp³-hybridized carbons (Fsp3) is 0.571. The van der Waals surface area contributed by atoms with Crippen LogP contribution in [0, 0.1) is 0 Å². The predicted octanol–water partition coefficient (Wildman–Crippen LogP) is 0.629. The molecule has 0 spiro atoms. The summed E-state index contributed by atoms with van der Waals surface area (Å²) in [4.78, 5) is 7.02. The van der Waals surface area contributed by atoms with E-state index in [4.69, 9.17) is 9.47 Å². The lowest BCUT2D eigenvalue weighted by Crippen LogP contribution is -2.23. The van der Waals surface area contributed by atoms with Crippen molar-refractivity contribution >= 4 is 0 Å². The molecule has 0 bridgehead atoms. The minimum absolute atomic E-state index is 0.636. The van der Waals surface area contributed by atoms with Crippen LogP contribution in [-0.2, 0) is 15.3 Å². The zero-order chi connectivity index (χ0) is 7.73. The van der Waals surface area contributed by atoms with Crippen LogP contribution in [0.1, 0.15) is 12.7 Å². The zero-order valence-corrected chi connectivity index (χ0v) is 6.33. The lowest BCUT2D eigenvalue weighted by Gasteiger charge is -2.18. The van der Waals surface area contributed by atoms with Crippen molar-refractivity contribution in [1.29, 1.82) is 0 Å². The lowest BCUT2D eigenvalue weighted by atomic mass is 10.3. The quantitative estimate of drug-likeness (QED) is 0.645. The number of nitrogens with zero attached hydrogens (tertiary/aromatic N) is 1. The normalized spacial score (nSPS) is 22.3. The first-order chi connectivity index (χ1) is 5.31. The third kappa shape index (κ3) is 1.04. The Morgan fingerprint density at radius 3 is 2.82 bits per heavy atom. The number of imidazole rings is 1. The highest BCUT2D eigenvalue weighted by Crippen LogP contribution is 2.27. The minimum atomic E-state index is -0.649. The number of aromatic nitrogens is 2. The summed E-state index contributed by atoms with van der Waals surface area (Å²) in [6.07, 6.45) is 3.44. The molecule has 60 valence electrons. The van der Waals surface area contributed by atoms with Gasteiger partial charge < -0.3 is 14.5 Å². The van der Waals surface area contributed by atoms with E-state index in [2.05, 4.69) is 9.97 Å². The zero-order valence-electron chi connectivity index (χ0n) is 6.33. The standard InChI is InChI=1S/C7H10N2O2/c1-7(10-4-5-11-7)6-8-2-3-9-6/h2-3H,4-5H2,1H3,(H,8,9). The van der Waals surface area contributed by atoms with E-state index in [0.717, 1.165) is 5.82 Å². The van der Waals surface area contributed by atoms with Crippen molar-refractivity contribution in [1.82, 2.24) is 9.97 Å². The third-order valence-electron chi connectivity index (χ3n) is 1.77. The Labute approximate surface area is 64.5 Å². The molecule has 1 aliphatic rings. The van der Waals surface area contributed by atoms with E-state index in [-0.39, 0.29) is 0 Å². The predicted molar refractivity (Wildman–Crippen MR) is 37.8 cm³/mol. The van der Waals surface area contributed by atoms with E-state index in [1.54, 1.807) is 12.4 Å². The Morgan fingerprint density at radius 1 is 1.55 bits per heavy atom. The van der Waals surface area contributed by atoms with Gasteiger partial charge in [0.2, 0.25) is 5.79 Å². The van der Waals surface area contributed by atoms with Gasteiger partial charge >= 0.3 is 0 Å². The average molecular weight is 154 g/mol. The van der Waals surface area contributed by atoms with Crippen LogP contribution in [0.5, 0.6) is 0 Å². The molecule has 1 aromatic rings. The summed E-state index contributed by atoms with van der Waals surface area (Å²) >= 11 is 0. The molecule has 1 aromatic heterocycles. The molecule has 0 aromatic carbocycles. The van der Waals surface area contributed by atoms with Crippen LogP contribution in [0.15, 0.2) is 12.4 Å². The van der Waals surface area contributed by atoms with Crippen LogP contribution >= 0.6 is 0 Å². The topological polar surface area (TPSA) is 47.1 Å². The van der Waals surface area contributed by atoms with E-state index in [9.17, 15) is 0 Å². The fourth-order valence-electron chi connectivity index (χ4n) is 1.16. The Bertz CT molecular complexity index is 227. The third-order valence-corrected chi connectivity index (χ3v) is 1.77. The van der Waals surface area contributed by atoms with Crippen molar-refractivity contribution in [2.75, 3.05) is 13.2 Å². The molecule has 0 saturated carbocycles. The number of aromatic amines is 1. The molecule has 0 amide bonds. The first-order valence-corrected chi connectivity index (χ1v) is 3.59. The number of hydrogen-bond donors (Lipinski definition) is 1. The molecule has 0 radical (unpaired) electrons. The molecule has 1 fully saturated rings. The Hall–Kier alpha value is -0.870. The summed E-state index contributed by atoms with van der Waals surface area (Å²) in [5, 5.41) is 0. The summed E-state index contributed by atoms with van der Waals surface area (Å²) in [5.41, 5.74) is 0. The number of ether oxygens (including phenoxy) is 2. The lowest BCUT2D eigenvalue weighted by molar-refractivity contribution is -0.155. The molecular weight excluding hydrogens is 144 g/mol. The second-order valence-corrected chi connectivity index (χ2v) is 2.58. The van der Waals surface area contributed by atoms with E-state index in [0.29, 0.717) is 13.2 Å². The van der Waals surface area contributed by atoms with Crippen LogP contribution in [0.4, 0.5) is 0 Å². The summed E-state index contributed by atoms with van der Waals surface area (Å²) in [7, 11) is 0. The molecule has 1 aliphatic heterocycles. The van der Waals surface area contributed by atoms with Crippen LogP contribution in [-0.4, -0.2) is 23.2 Å². The molecule has 1 N–H and O–H groups in total. The van der Waals surface area contributed by atoms with Gasteiger partial charge in [-0.15, -0.1) is 0 Å². The van der Waals surface area contributed by atoms with Gasteiger partial charge in [0, 0.05) is 12.4 Å². The monoisotopic (exact) mass is 154 g/mol. The highest BCUT2D eigenvalue weighted by atomic mass is 16.7. The SMILES string of the molecule is CC1(c2ncc[nH]2)OCCO1. The van der Waals surface area contributed by atoms with Gasteiger partial charge in [0.15, 0.2) is 5.82 Å². The summed E-state index contributed by atoms with van der Waals surface area (Å²) in [5.74, 6) is 0.0822. The first-order valence-electron chi connectivity index (χ1n) is 3.59. The smallest absolute Gasteiger partial charge is 0.225 e. The van der Waals surface area contributed by atoms with Crippen LogP contribution in [0.25, 0.3) is 0 Å². The molecule has 2 heterocycles. The summed E-state index contributed by atoms with van der Waals surface area (Å²) < 4.78 is 10.7. The van der Waals surface area contributed by atoms with Gasteiger partial charge in [-0.05, 0) is 6.92 Å². The van der Waals surface area contributed by atoms with Gasteiger partial charge in [-0.2, -0.15) is 0 Å². The minimum Gasteiger partial charge on any atom is -0.344 e. The molecule has 4 nitrogen and oxygen atoms in total. The van der Waals surface area contributed by atoms with Crippen molar-refractivity contribution in [3.05, 3.63) is 18.2 Å². The van der Waals surface area contributed by atoms with Gasteiger partial charge in [0.25, 0.3) is 0 Å². The van der Waals surface area contributed by atoms with E-state index >= 15 is 0 Å². The van der Waals surface area contributed by atoms with E-state index < -0.39 is 5.79 Å². The number of rotatable bonds is 1. The maximum atomic E-state index is 5.37. The van der Waals surface area contributed by atoms with Crippen molar-refractivity contribution in [3.8, 4) is 0 Å². The van der Waals surface area contributed by atoms with E-state index in [1.807, 2.05) is 6.92 Å². The summed E-state index contributed by atoms with van der Waals surface area (Å²) in [6.45, 7) is 3.13. The Morgan fingerprint density at radius 2 is 2.27 bits per heavy atom. The van der Waals surface area contributed by atoms with Gasteiger partial charge in [-0.25, -0.2) is 4.98 Å². The van der Waals surface area contributed by atoms with Crippen molar-refractivity contribution in [3.63, 3.8) is 0 Å². The molecule has 1 saturated heterocycles. The number of nitrogens with one attached hydrogen (secondary N) is 1. The van der Waals surface area contributed by atoms with Gasteiger partial charge in [-0.3, -0.25) is 0 Å². The summed E-state index contributed by atoms with van der Waals surface area (Å²) in [6, 6.07) is 0. The maximum Gasteiger partial charge on any atom is 0.225 e. The van der Waals surface area contributed by atoms with Gasteiger partial charge in [0.05, 0.1) is 13.2 Å². The van der Waals surface area contributed by atoms with Crippen molar-refractivity contribution in [2.45, 2.75) is 12.7 Å². The van der Waals surface area contributed by atoms with Crippen LogP contribution < -0.4 is 0 Å². The van der Waals surface area contributed by atoms with Gasteiger partial charge in [0.1, 0.15) is 0 Å². The first kappa shape index (κ1) is 6.82. The highest BCUT2D eigenvalue weighted by Gasteiger charge is 2.35. The van der Waals surface area contributed by atoms with Gasteiger partial charge in [-0.1, -0.05) is 0 Å². The van der Waals surface area contributed by atoms with Crippen molar-refractivity contribution in [2.24, 2.45) is 0 Å². The molecule has 4 heteroatoms. The van der Waals surface area contributed by atoms with Crippen LogP contribution in [0.3, 0.4) is 0 Å². The average Bonchev–Trinajstić information content (AvgIpc) is 2.55. The number of hydrogen-bond acceptors (Lipinski definition) is 3.